The Bertz CT molecular complexity index is 548. The van der Waals surface area contributed by atoms with Gasteiger partial charge < -0.3 is 15.0 Å². The van der Waals surface area contributed by atoms with E-state index in [0.717, 1.165) is 44.6 Å². The summed E-state index contributed by atoms with van der Waals surface area (Å²) in [7, 11) is 0. The van der Waals surface area contributed by atoms with Gasteiger partial charge in [0.25, 0.3) is 5.91 Å². The van der Waals surface area contributed by atoms with E-state index < -0.39 is 0 Å². The lowest BCUT2D eigenvalue weighted by Crippen LogP contribution is -2.59. The minimum Gasteiger partial charge on any atom is -0.370 e. The average molecular weight is 316 g/mol. The number of likely N-dealkylation sites (tertiary alicyclic amines) is 1. The van der Waals surface area contributed by atoms with Gasteiger partial charge in [-0.05, 0) is 36.0 Å². The Morgan fingerprint density at radius 3 is 2.61 bits per heavy atom. The SMILES string of the molecule is CC(C)(C)c1ccc(C(=O)N2CCCC3(CNCCO3)C2)cc1. The quantitative estimate of drug-likeness (QED) is 0.866. The number of amides is 1. The minimum atomic E-state index is -0.183. The predicted molar refractivity (Wildman–Crippen MR) is 91.8 cm³/mol. The number of nitrogens with zero attached hydrogens (tertiary/aromatic N) is 1. The Hall–Kier alpha value is -1.39. The molecule has 0 radical (unpaired) electrons. The van der Waals surface area contributed by atoms with Crippen LogP contribution in [-0.4, -0.2) is 49.2 Å². The molecular formula is C19H28N2O2. The van der Waals surface area contributed by atoms with Crippen LogP contribution in [0.1, 0.15) is 49.5 Å². The Labute approximate surface area is 139 Å². The van der Waals surface area contributed by atoms with Crippen molar-refractivity contribution in [2.24, 2.45) is 0 Å². The van der Waals surface area contributed by atoms with Gasteiger partial charge in [0.2, 0.25) is 0 Å². The molecule has 23 heavy (non-hydrogen) atoms. The van der Waals surface area contributed by atoms with Gasteiger partial charge in [0.05, 0.1) is 18.8 Å². The molecule has 1 amide bonds. The molecule has 126 valence electrons. The van der Waals surface area contributed by atoms with Gasteiger partial charge in [0.1, 0.15) is 0 Å². The highest BCUT2D eigenvalue weighted by Crippen LogP contribution is 2.28. The van der Waals surface area contributed by atoms with E-state index in [1.807, 2.05) is 17.0 Å². The van der Waals surface area contributed by atoms with Crippen molar-refractivity contribution in [3.05, 3.63) is 35.4 Å². The molecule has 1 aromatic rings. The largest absolute Gasteiger partial charge is 0.370 e. The molecule has 2 saturated heterocycles. The second kappa shape index (κ2) is 6.25. The maximum absolute atomic E-state index is 12.8. The van der Waals surface area contributed by atoms with Crippen LogP contribution in [-0.2, 0) is 10.2 Å². The molecule has 0 bridgehead atoms. The molecule has 2 aliphatic heterocycles. The molecule has 1 unspecified atom stereocenters. The summed E-state index contributed by atoms with van der Waals surface area (Å²) < 4.78 is 6.03. The standard InChI is InChI=1S/C19H28N2O2/c1-18(2,3)16-7-5-15(6-8-16)17(22)21-11-4-9-19(14-21)13-20-10-12-23-19/h5-8,20H,4,9-14H2,1-3H3. The first kappa shape index (κ1) is 16.5. The van der Waals surface area contributed by atoms with Gasteiger partial charge in [-0.15, -0.1) is 0 Å². The fourth-order valence-electron chi connectivity index (χ4n) is 3.54. The summed E-state index contributed by atoms with van der Waals surface area (Å²) in [5, 5.41) is 3.41. The molecule has 4 heteroatoms. The van der Waals surface area contributed by atoms with E-state index in [-0.39, 0.29) is 16.9 Å². The highest BCUT2D eigenvalue weighted by atomic mass is 16.5. The summed E-state index contributed by atoms with van der Waals surface area (Å²) >= 11 is 0. The van der Waals surface area contributed by atoms with E-state index in [2.05, 4.69) is 38.2 Å². The van der Waals surface area contributed by atoms with Crippen molar-refractivity contribution < 1.29 is 9.53 Å². The van der Waals surface area contributed by atoms with Crippen LogP contribution in [0.4, 0.5) is 0 Å². The maximum Gasteiger partial charge on any atom is 0.253 e. The van der Waals surface area contributed by atoms with E-state index in [1.54, 1.807) is 0 Å². The third kappa shape index (κ3) is 3.59. The number of hydrogen-bond acceptors (Lipinski definition) is 3. The van der Waals surface area contributed by atoms with Gasteiger partial charge in [-0.1, -0.05) is 32.9 Å². The summed E-state index contributed by atoms with van der Waals surface area (Å²) in [5.41, 5.74) is 1.96. The second-order valence-electron chi connectivity index (χ2n) is 7.87. The zero-order valence-corrected chi connectivity index (χ0v) is 14.5. The van der Waals surface area contributed by atoms with E-state index in [9.17, 15) is 4.79 Å². The molecule has 2 heterocycles. The normalized spacial score (nSPS) is 25.6. The number of benzene rings is 1. The monoisotopic (exact) mass is 316 g/mol. The second-order valence-corrected chi connectivity index (χ2v) is 7.87. The van der Waals surface area contributed by atoms with Crippen molar-refractivity contribution in [3.8, 4) is 0 Å². The summed E-state index contributed by atoms with van der Waals surface area (Å²) in [4.78, 5) is 14.8. The van der Waals surface area contributed by atoms with Crippen LogP contribution in [0, 0.1) is 0 Å². The Morgan fingerprint density at radius 2 is 2.00 bits per heavy atom. The molecule has 0 aromatic heterocycles. The molecule has 2 aliphatic rings. The number of morpholine rings is 1. The Kier molecular flexibility index (Phi) is 4.47. The third-order valence-corrected chi connectivity index (χ3v) is 4.96. The van der Waals surface area contributed by atoms with Crippen LogP contribution in [0.3, 0.4) is 0 Å². The Balaban J connectivity index is 1.72. The summed E-state index contributed by atoms with van der Waals surface area (Å²) in [5.74, 6) is 0.124. The van der Waals surface area contributed by atoms with Crippen molar-refractivity contribution in [1.29, 1.82) is 0 Å². The smallest absolute Gasteiger partial charge is 0.253 e. The number of nitrogens with one attached hydrogen (secondary N) is 1. The first-order valence-corrected chi connectivity index (χ1v) is 8.64. The van der Waals surface area contributed by atoms with Crippen molar-refractivity contribution in [2.75, 3.05) is 32.8 Å². The maximum atomic E-state index is 12.8. The van der Waals surface area contributed by atoms with Crippen LogP contribution in [0.25, 0.3) is 0 Å². The molecular weight excluding hydrogens is 288 g/mol. The third-order valence-electron chi connectivity index (χ3n) is 4.96. The Morgan fingerprint density at radius 1 is 1.26 bits per heavy atom. The van der Waals surface area contributed by atoms with Crippen molar-refractivity contribution in [3.63, 3.8) is 0 Å². The zero-order valence-electron chi connectivity index (χ0n) is 14.5. The van der Waals surface area contributed by atoms with Crippen LogP contribution in [0.2, 0.25) is 0 Å². The molecule has 1 aromatic carbocycles. The molecule has 3 rings (SSSR count). The first-order chi connectivity index (χ1) is 10.9. The van der Waals surface area contributed by atoms with Crippen LogP contribution in [0.15, 0.2) is 24.3 Å². The lowest BCUT2D eigenvalue weighted by molar-refractivity contribution is -0.0989. The van der Waals surface area contributed by atoms with Gasteiger partial charge in [-0.25, -0.2) is 0 Å². The van der Waals surface area contributed by atoms with Crippen molar-refractivity contribution in [1.82, 2.24) is 10.2 Å². The van der Waals surface area contributed by atoms with Crippen LogP contribution < -0.4 is 5.32 Å². The number of rotatable bonds is 1. The number of ether oxygens (including phenoxy) is 1. The summed E-state index contributed by atoms with van der Waals surface area (Å²) in [6.45, 7) is 10.6. The lowest BCUT2D eigenvalue weighted by atomic mass is 9.86. The van der Waals surface area contributed by atoms with Gasteiger partial charge in [-0.2, -0.15) is 0 Å². The van der Waals surface area contributed by atoms with Crippen LogP contribution in [0.5, 0.6) is 0 Å². The highest BCUT2D eigenvalue weighted by molar-refractivity contribution is 5.94. The predicted octanol–water partition coefficient (Wildman–Crippen LogP) is 2.58. The fourth-order valence-corrected chi connectivity index (χ4v) is 3.54. The van der Waals surface area contributed by atoms with Gasteiger partial charge >= 0.3 is 0 Å². The van der Waals surface area contributed by atoms with E-state index in [1.165, 1.54) is 5.56 Å². The molecule has 1 spiro atoms. The topological polar surface area (TPSA) is 41.6 Å². The molecule has 1 N–H and O–H groups in total. The van der Waals surface area contributed by atoms with Gasteiger partial charge in [0, 0.05) is 25.2 Å². The fraction of sp³-hybridized carbons (Fsp3) is 0.632. The van der Waals surface area contributed by atoms with Gasteiger partial charge in [-0.3, -0.25) is 4.79 Å². The molecule has 1 atom stereocenters. The zero-order chi connectivity index (χ0) is 16.5. The van der Waals surface area contributed by atoms with E-state index in [4.69, 9.17) is 4.74 Å². The van der Waals surface area contributed by atoms with Gasteiger partial charge in [0.15, 0.2) is 0 Å². The lowest BCUT2D eigenvalue weighted by Gasteiger charge is -2.45. The minimum absolute atomic E-state index is 0.109. The van der Waals surface area contributed by atoms with Crippen LogP contribution >= 0.6 is 0 Å². The summed E-state index contributed by atoms with van der Waals surface area (Å²) in [6.07, 6.45) is 2.04. The number of carbonyl (C=O) groups excluding carboxylic acids is 1. The van der Waals surface area contributed by atoms with E-state index in [0.29, 0.717) is 6.54 Å². The molecule has 4 nitrogen and oxygen atoms in total. The number of piperidine rings is 1. The average Bonchev–Trinajstić information content (AvgIpc) is 2.54. The molecule has 0 aliphatic carbocycles. The molecule has 0 saturated carbocycles. The summed E-state index contributed by atoms with van der Waals surface area (Å²) in [6, 6.07) is 8.07. The number of carbonyl (C=O) groups is 1. The highest BCUT2D eigenvalue weighted by Gasteiger charge is 2.39. The van der Waals surface area contributed by atoms with E-state index >= 15 is 0 Å². The molecule has 2 fully saturated rings. The van der Waals surface area contributed by atoms with Crippen molar-refractivity contribution >= 4 is 5.91 Å². The van der Waals surface area contributed by atoms with Crippen molar-refractivity contribution in [2.45, 2.75) is 44.6 Å². The first-order valence-electron chi connectivity index (χ1n) is 8.64. The number of hydrogen-bond donors (Lipinski definition) is 1.